The van der Waals surface area contributed by atoms with Crippen LogP contribution in [0.3, 0.4) is 0 Å². The minimum absolute atomic E-state index is 0.700. The minimum Gasteiger partial charge on any atom is -0.291 e. The largest absolute Gasteiger partial charge is 0.291 e. The predicted octanol–water partition coefficient (Wildman–Crippen LogP) is 2.13. The molecular formula is C15H15ClN6. The molecule has 1 aromatic carbocycles. The lowest BCUT2D eigenvalue weighted by Gasteiger charge is -2.28. The quantitative estimate of drug-likeness (QED) is 0.743. The SMILES string of the molecule is Clc1ccc(CN2CCn3nccc3C2)c(-n2cncn2)c1. The van der Waals surface area contributed by atoms with Gasteiger partial charge in [0, 0.05) is 30.9 Å². The van der Waals surface area contributed by atoms with Crippen LogP contribution in [0.4, 0.5) is 0 Å². The number of hydrogen-bond donors (Lipinski definition) is 0. The molecule has 0 unspecified atom stereocenters. The van der Waals surface area contributed by atoms with Gasteiger partial charge in [0.1, 0.15) is 12.7 Å². The van der Waals surface area contributed by atoms with E-state index in [1.807, 2.05) is 18.3 Å². The molecule has 3 heterocycles. The van der Waals surface area contributed by atoms with Crippen molar-refractivity contribution in [2.24, 2.45) is 0 Å². The Morgan fingerprint density at radius 3 is 2.95 bits per heavy atom. The van der Waals surface area contributed by atoms with E-state index in [0.717, 1.165) is 31.9 Å². The number of nitrogens with zero attached hydrogens (tertiary/aromatic N) is 6. The maximum Gasteiger partial charge on any atom is 0.138 e. The summed E-state index contributed by atoms with van der Waals surface area (Å²) in [6, 6.07) is 7.99. The van der Waals surface area contributed by atoms with Gasteiger partial charge in [-0.1, -0.05) is 17.7 Å². The lowest BCUT2D eigenvalue weighted by atomic mass is 10.1. The minimum atomic E-state index is 0.700. The van der Waals surface area contributed by atoms with Gasteiger partial charge in [0.15, 0.2) is 0 Å². The Hall–Kier alpha value is -2.18. The van der Waals surface area contributed by atoms with Crippen LogP contribution in [-0.2, 0) is 19.6 Å². The van der Waals surface area contributed by atoms with Crippen LogP contribution in [-0.4, -0.2) is 36.0 Å². The Morgan fingerprint density at radius 2 is 2.09 bits per heavy atom. The average Bonchev–Trinajstić information content (AvgIpc) is 3.19. The maximum atomic E-state index is 6.14. The number of benzene rings is 1. The van der Waals surface area contributed by atoms with Crippen molar-refractivity contribution in [1.82, 2.24) is 29.4 Å². The van der Waals surface area contributed by atoms with Crippen molar-refractivity contribution in [3.05, 3.63) is 59.4 Å². The first kappa shape index (κ1) is 13.5. The fourth-order valence-corrected chi connectivity index (χ4v) is 3.00. The van der Waals surface area contributed by atoms with Gasteiger partial charge in [-0.2, -0.15) is 10.2 Å². The van der Waals surface area contributed by atoms with Gasteiger partial charge in [0.05, 0.1) is 17.9 Å². The molecule has 7 heteroatoms. The predicted molar refractivity (Wildman–Crippen MR) is 82.7 cm³/mol. The van der Waals surface area contributed by atoms with Gasteiger partial charge < -0.3 is 0 Å². The topological polar surface area (TPSA) is 51.8 Å². The number of fused-ring (bicyclic) bond motifs is 1. The normalized spacial score (nSPS) is 15.0. The summed E-state index contributed by atoms with van der Waals surface area (Å²) in [5.41, 5.74) is 3.41. The molecule has 1 aliphatic heterocycles. The number of aromatic nitrogens is 5. The number of rotatable bonds is 3. The molecule has 0 saturated carbocycles. The van der Waals surface area contributed by atoms with Gasteiger partial charge in [-0.15, -0.1) is 0 Å². The zero-order valence-electron chi connectivity index (χ0n) is 11.9. The van der Waals surface area contributed by atoms with Crippen molar-refractivity contribution >= 4 is 11.6 Å². The van der Waals surface area contributed by atoms with Crippen LogP contribution >= 0.6 is 11.6 Å². The van der Waals surface area contributed by atoms with Gasteiger partial charge in [0.2, 0.25) is 0 Å². The monoisotopic (exact) mass is 314 g/mol. The van der Waals surface area contributed by atoms with E-state index in [1.54, 1.807) is 11.0 Å². The van der Waals surface area contributed by atoms with Gasteiger partial charge in [-0.3, -0.25) is 9.58 Å². The summed E-state index contributed by atoms with van der Waals surface area (Å²) in [5, 5.41) is 9.24. The first-order chi connectivity index (χ1) is 10.8. The third-order valence-corrected chi connectivity index (χ3v) is 4.16. The second-order valence-electron chi connectivity index (χ2n) is 5.37. The van der Waals surface area contributed by atoms with Crippen LogP contribution in [0, 0.1) is 0 Å². The maximum absolute atomic E-state index is 6.14. The first-order valence-corrected chi connectivity index (χ1v) is 7.54. The van der Waals surface area contributed by atoms with Crippen LogP contribution in [0.25, 0.3) is 5.69 Å². The van der Waals surface area contributed by atoms with Crippen LogP contribution in [0.2, 0.25) is 5.02 Å². The lowest BCUT2D eigenvalue weighted by molar-refractivity contribution is 0.205. The number of halogens is 1. The summed E-state index contributed by atoms with van der Waals surface area (Å²) in [5.74, 6) is 0. The zero-order valence-corrected chi connectivity index (χ0v) is 12.7. The van der Waals surface area contributed by atoms with Gasteiger partial charge in [-0.05, 0) is 23.8 Å². The van der Waals surface area contributed by atoms with E-state index in [2.05, 4.69) is 36.9 Å². The van der Waals surface area contributed by atoms with Crippen molar-refractivity contribution in [2.45, 2.75) is 19.6 Å². The molecule has 0 radical (unpaired) electrons. The van der Waals surface area contributed by atoms with Crippen LogP contribution in [0.1, 0.15) is 11.3 Å². The Labute approximate surface area is 132 Å². The van der Waals surface area contributed by atoms with E-state index in [1.165, 1.54) is 17.6 Å². The Bertz CT molecular complexity index is 779. The van der Waals surface area contributed by atoms with Crippen molar-refractivity contribution in [1.29, 1.82) is 0 Å². The summed E-state index contributed by atoms with van der Waals surface area (Å²) in [4.78, 5) is 6.43. The van der Waals surface area contributed by atoms with Gasteiger partial charge >= 0.3 is 0 Å². The molecule has 1 aliphatic rings. The third kappa shape index (κ3) is 2.51. The Morgan fingerprint density at radius 1 is 1.14 bits per heavy atom. The van der Waals surface area contributed by atoms with Crippen molar-refractivity contribution < 1.29 is 0 Å². The molecule has 0 fully saturated rings. The first-order valence-electron chi connectivity index (χ1n) is 7.16. The highest BCUT2D eigenvalue weighted by atomic mass is 35.5. The summed E-state index contributed by atoms with van der Waals surface area (Å²) < 4.78 is 3.83. The molecule has 2 aromatic heterocycles. The molecule has 0 saturated heterocycles. The summed E-state index contributed by atoms with van der Waals surface area (Å²) >= 11 is 6.14. The molecule has 112 valence electrons. The zero-order chi connectivity index (χ0) is 14.9. The molecule has 0 atom stereocenters. The highest BCUT2D eigenvalue weighted by molar-refractivity contribution is 6.30. The van der Waals surface area contributed by atoms with E-state index < -0.39 is 0 Å². The van der Waals surface area contributed by atoms with Crippen molar-refractivity contribution in [3.63, 3.8) is 0 Å². The van der Waals surface area contributed by atoms with E-state index in [4.69, 9.17) is 11.6 Å². The average molecular weight is 315 g/mol. The molecule has 0 aliphatic carbocycles. The van der Waals surface area contributed by atoms with Crippen LogP contribution in [0.15, 0.2) is 43.1 Å². The van der Waals surface area contributed by atoms with Crippen molar-refractivity contribution in [3.8, 4) is 5.69 Å². The van der Waals surface area contributed by atoms with Crippen LogP contribution in [0.5, 0.6) is 0 Å². The van der Waals surface area contributed by atoms with Crippen LogP contribution < -0.4 is 0 Å². The highest BCUT2D eigenvalue weighted by Crippen LogP contribution is 2.22. The summed E-state index contributed by atoms with van der Waals surface area (Å²) in [6.07, 6.45) is 5.09. The standard InChI is InChI=1S/C15H15ClN6/c16-13-2-1-12(15(7-13)22-11-17-10-19-22)8-20-5-6-21-14(9-20)3-4-18-21/h1-4,7,10-11H,5-6,8-9H2. The molecule has 4 rings (SSSR count). The molecule has 0 bridgehead atoms. The second kappa shape index (κ2) is 5.55. The van der Waals surface area contributed by atoms with Crippen molar-refractivity contribution in [2.75, 3.05) is 6.54 Å². The van der Waals surface area contributed by atoms with E-state index in [9.17, 15) is 0 Å². The number of hydrogen-bond acceptors (Lipinski definition) is 4. The van der Waals surface area contributed by atoms with Gasteiger partial charge in [0.25, 0.3) is 0 Å². The fourth-order valence-electron chi connectivity index (χ4n) is 2.83. The molecule has 0 amide bonds. The fraction of sp³-hybridized carbons (Fsp3) is 0.267. The van der Waals surface area contributed by atoms with E-state index in [0.29, 0.717) is 5.02 Å². The molecule has 0 spiro atoms. The summed E-state index contributed by atoms with van der Waals surface area (Å²) in [7, 11) is 0. The molecule has 22 heavy (non-hydrogen) atoms. The lowest BCUT2D eigenvalue weighted by Crippen LogP contribution is -2.33. The van der Waals surface area contributed by atoms with E-state index >= 15 is 0 Å². The summed E-state index contributed by atoms with van der Waals surface area (Å²) in [6.45, 7) is 3.65. The van der Waals surface area contributed by atoms with E-state index in [-0.39, 0.29) is 0 Å². The Kier molecular flexibility index (Phi) is 3.40. The second-order valence-corrected chi connectivity index (χ2v) is 5.81. The molecule has 3 aromatic rings. The smallest absolute Gasteiger partial charge is 0.138 e. The highest BCUT2D eigenvalue weighted by Gasteiger charge is 2.18. The molecular weight excluding hydrogens is 300 g/mol. The Balaban J connectivity index is 1.61. The van der Waals surface area contributed by atoms with Gasteiger partial charge in [-0.25, -0.2) is 9.67 Å². The third-order valence-electron chi connectivity index (χ3n) is 3.93. The molecule has 0 N–H and O–H groups in total. The molecule has 6 nitrogen and oxygen atoms in total.